The van der Waals surface area contributed by atoms with Crippen LogP contribution in [-0.4, -0.2) is 25.2 Å². The minimum atomic E-state index is -1.97. The van der Waals surface area contributed by atoms with E-state index < -0.39 is 25.2 Å². The number of allylic oxidation sites excluding steroid dienone is 6. The second-order valence-electron chi connectivity index (χ2n) is 6.65. The molecule has 5 heteroatoms. The third-order valence-electron chi connectivity index (χ3n) is 4.42. The highest BCUT2D eigenvalue weighted by atomic mass is 28.5. The molecule has 19 heavy (non-hydrogen) atoms. The summed E-state index contributed by atoms with van der Waals surface area (Å²) in [5.41, 5.74) is 0. The van der Waals surface area contributed by atoms with Crippen molar-refractivity contribution in [3.63, 3.8) is 0 Å². The van der Waals surface area contributed by atoms with Crippen molar-refractivity contribution in [2.75, 3.05) is 0 Å². The second kappa shape index (κ2) is 4.96. The van der Waals surface area contributed by atoms with Crippen LogP contribution in [0.2, 0.25) is 49.4 Å². The predicted octanol–water partition coefficient (Wildman–Crippen LogP) is 4.32. The van der Waals surface area contributed by atoms with Gasteiger partial charge in [0.05, 0.1) is 0 Å². The van der Waals surface area contributed by atoms with Crippen molar-refractivity contribution in [1.29, 1.82) is 0 Å². The van der Waals surface area contributed by atoms with E-state index >= 15 is 0 Å². The van der Waals surface area contributed by atoms with Crippen molar-refractivity contribution in [3.8, 4) is 0 Å². The van der Waals surface area contributed by atoms with Crippen molar-refractivity contribution in [3.05, 3.63) is 36.5 Å². The van der Waals surface area contributed by atoms with Crippen LogP contribution in [0.1, 0.15) is 0 Å². The summed E-state index contributed by atoms with van der Waals surface area (Å²) < 4.78 is 13.6. The van der Waals surface area contributed by atoms with E-state index in [1.165, 1.54) is 24.2 Å². The van der Waals surface area contributed by atoms with Gasteiger partial charge in [0.1, 0.15) is 0 Å². The maximum Gasteiger partial charge on any atom is 0.325 e. The van der Waals surface area contributed by atoms with Crippen molar-refractivity contribution >= 4 is 25.2 Å². The molecule has 3 aliphatic rings. The summed E-state index contributed by atoms with van der Waals surface area (Å²) in [5, 5.41) is 0. The fourth-order valence-corrected chi connectivity index (χ4v) is 18.0. The van der Waals surface area contributed by atoms with Crippen molar-refractivity contribution in [2.45, 2.75) is 49.4 Å². The first-order valence-corrected chi connectivity index (χ1v) is 15.3. The highest BCUT2D eigenvalue weighted by Crippen LogP contribution is 2.39. The van der Waals surface area contributed by atoms with Crippen LogP contribution >= 0.6 is 0 Å². The molecule has 0 spiro atoms. The smallest absolute Gasteiger partial charge is 0.325 e. The molecular formula is C14H24O2Si3. The molecule has 0 bridgehead atoms. The Morgan fingerprint density at radius 3 is 1.26 bits per heavy atom. The van der Waals surface area contributed by atoms with E-state index in [1.807, 2.05) is 0 Å². The summed E-state index contributed by atoms with van der Waals surface area (Å²) in [6.45, 7) is 4.78. The van der Waals surface area contributed by atoms with Gasteiger partial charge in [0, 0.05) is 12.1 Å². The molecule has 0 unspecified atom stereocenters. The standard InChI is InChI=1S/C14H24O2Si3/c1-17(9-3-4-10-17)15-19(13-7-8-14-19)16-18(2)11-5-6-12-18/h3-8H,9-14H2,1-2H3. The quantitative estimate of drug-likeness (QED) is 0.569. The van der Waals surface area contributed by atoms with Crippen molar-refractivity contribution < 1.29 is 8.23 Å². The Morgan fingerprint density at radius 1 is 0.579 bits per heavy atom. The van der Waals surface area contributed by atoms with Gasteiger partial charge < -0.3 is 8.23 Å². The lowest BCUT2D eigenvalue weighted by atomic mass is 10.6. The predicted molar refractivity (Wildman–Crippen MR) is 87.4 cm³/mol. The molecule has 0 aliphatic carbocycles. The fraction of sp³-hybridized carbons (Fsp3) is 0.571. The molecule has 2 nitrogen and oxygen atoms in total. The van der Waals surface area contributed by atoms with E-state index in [0.29, 0.717) is 0 Å². The van der Waals surface area contributed by atoms with E-state index in [-0.39, 0.29) is 0 Å². The first kappa shape index (κ1) is 13.8. The molecule has 3 aliphatic heterocycles. The van der Waals surface area contributed by atoms with Gasteiger partial charge in [-0.2, -0.15) is 0 Å². The van der Waals surface area contributed by atoms with Gasteiger partial charge in [-0.15, -0.1) is 0 Å². The van der Waals surface area contributed by atoms with E-state index in [1.54, 1.807) is 0 Å². The molecule has 0 radical (unpaired) electrons. The maximum absolute atomic E-state index is 6.81. The monoisotopic (exact) mass is 308 g/mol. The molecule has 0 amide bonds. The minimum absolute atomic E-state index is 1.08. The molecule has 0 aromatic heterocycles. The lowest BCUT2D eigenvalue weighted by Crippen LogP contribution is -2.55. The summed E-state index contributed by atoms with van der Waals surface area (Å²) in [6, 6.07) is 6.89. The Morgan fingerprint density at radius 2 is 0.895 bits per heavy atom. The molecule has 3 heterocycles. The summed E-state index contributed by atoms with van der Waals surface area (Å²) in [5.74, 6) is 0. The molecule has 0 saturated carbocycles. The van der Waals surface area contributed by atoms with E-state index in [9.17, 15) is 0 Å². The van der Waals surface area contributed by atoms with Crippen molar-refractivity contribution in [1.82, 2.24) is 0 Å². The summed E-state index contributed by atoms with van der Waals surface area (Å²) >= 11 is 0. The van der Waals surface area contributed by atoms with Gasteiger partial charge in [-0.05, 0) is 37.3 Å². The van der Waals surface area contributed by atoms with E-state index in [4.69, 9.17) is 8.23 Å². The zero-order valence-electron chi connectivity index (χ0n) is 12.0. The maximum atomic E-state index is 6.81. The summed E-state index contributed by atoms with van der Waals surface area (Å²) in [4.78, 5) is 0. The highest BCUT2D eigenvalue weighted by Gasteiger charge is 2.49. The molecule has 104 valence electrons. The number of hydrogen-bond donors (Lipinski definition) is 0. The Kier molecular flexibility index (Phi) is 3.59. The largest absolute Gasteiger partial charge is 0.435 e. The third kappa shape index (κ3) is 2.95. The summed E-state index contributed by atoms with van der Waals surface area (Å²) in [6.07, 6.45) is 13.8. The summed E-state index contributed by atoms with van der Waals surface area (Å²) in [7, 11) is -5.06. The van der Waals surface area contributed by atoms with Crippen LogP contribution < -0.4 is 0 Å². The molecular weight excluding hydrogens is 284 g/mol. The molecule has 0 aromatic rings. The molecule has 0 atom stereocenters. The molecule has 0 N–H and O–H groups in total. The van der Waals surface area contributed by atoms with Crippen LogP contribution in [0.3, 0.4) is 0 Å². The Balaban J connectivity index is 1.72. The lowest BCUT2D eigenvalue weighted by molar-refractivity contribution is 0.381. The first-order chi connectivity index (χ1) is 9.04. The zero-order chi connectivity index (χ0) is 13.4. The zero-order valence-corrected chi connectivity index (χ0v) is 15.0. The topological polar surface area (TPSA) is 18.5 Å². The van der Waals surface area contributed by atoms with Crippen LogP contribution in [0.5, 0.6) is 0 Å². The van der Waals surface area contributed by atoms with Crippen LogP contribution in [-0.2, 0) is 8.23 Å². The number of rotatable bonds is 4. The van der Waals surface area contributed by atoms with Gasteiger partial charge in [0.15, 0.2) is 16.6 Å². The number of hydrogen-bond acceptors (Lipinski definition) is 2. The SMILES string of the molecule is C[Si]1(O[Si]2(O[Si]3(C)CC=CC3)CC=CC2)CC=CC1. The average Bonchev–Trinajstić information content (AvgIpc) is 3.03. The molecule has 0 saturated heterocycles. The van der Waals surface area contributed by atoms with Crippen molar-refractivity contribution in [2.24, 2.45) is 0 Å². The first-order valence-electron chi connectivity index (χ1n) is 7.39. The Bertz CT molecular complexity index is 386. The van der Waals surface area contributed by atoms with Crippen LogP contribution in [0.4, 0.5) is 0 Å². The van der Waals surface area contributed by atoms with Gasteiger partial charge in [0.2, 0.25) is 0 Å². The average molecular weight is 309 g/mol. The van der Waals surface area contributed by atoms with Crippen LogP contribution in [0.15, 0.2) is 36.5 Å². The second-order valence-corrected chi connectivity index (χ2v) is 18.4. The Labute approximate surface area is 119 Å². The molecule has 0 fully saturated rings. The van der Waals surface area contributed by atoms with Gasteiger partial charge in [-0.3, -0.25) is 0 Å². The van der Waals surface area contributed by atoms with E-state index in [0.717, 1.165) is 12.1 Å². The van der Waals surface area contributed by atoms with Gasteiger partial charge in [-0.25, -0.2) is 0 Å². The van der Waals surface area contributed by atoms with E-state index in [2.05, 4.69) is 49.6 Å². The minimum Gasteiger partial charge on any atom is -0.435 e. The van der Waals surface area contributed by atoms with Gasteiger partial charge in [0.25, 0.3) is 0 Å². The third-order valence-corrected chi connectivity index (χ3v) is 17.5. The van der Waals surface area contributed by atoms with Crippen LogP contribution in [0, 0.1) is 0 Å². The Hall–Kier alpha value is -0.209. The van der Waals surface area contributed by atoms with Gasteiger partial charge >= 0.3 is 8.56 Å². The van der Waals surface area contributed by atoms with Gasteiger partial charge in [-0.1, -0.05) is 36.5 Å². The lowest BCUT2D eigenvalue weighted by Gasteiger charge is -2.40. The van der Waals surface area contributed by atoms with Crippen LogP contribution in [0.25, 0.3) is 0 Å². The molecule has 3 rings (SSSR count). The molecule has 0 aromatic carbocycles. The normalized spacial score (nSPS) is 29.4. The highest BCUT2D eigenvalue weighted by molar-refractivity contribution is 6.91. The fourth-order valence-electron chi connectivity index (χ4n) is 3.36.